The van der Waals surface area contributed by atoms with Crippen LogP contribution >= 0.6 is 0 Å². The quantitative estimate of drug-likeness (QED) is 0.732. The zero-order valence-corrected chi connectivity index (χ0v) is 13.8. The predicted octanol–water partition coefficient (Wildman–Crippen LogP) is 3.98. The molecule has 1 rings (SSSR count). The highest BCUT2D eigenvalue weighted by Crippen LogP contribution is 2.45. The predicted molar refractivity (Wildman–Crippen MR) is 83.3 cm³/mol. The summed E-state index contributed by atoms with van der Waals surface area (Å²) in [5.74, 6) is 0.642. The van der Waals surface area contributed by atoms with Crippen molar-refractivity contribution in [3.05, 3.63) is 0 Å². The summed E-state index contributed by atoms with van der Waals surface area (Å²) in [6.45, 7) is 13.2. The van der Waals surface area contributed by atoms with Crippen molar-refractivity contribution in [1.82, 2.24) is 5.32 Å². The first-order chi connectivity index (χ1) is 8.78. The Morgan fingerprint density at radius 2 is 1.68 bits per heavy atom. The van der Waals surface area contributed by atoms with E-state index in [0.29, 0.717) is 29.4 Å². The van der Waals surface area contributed by atoms with E-state index in [1.54, 1.807) is 0 Å². The van der Waals surface area contributed by atoms with Crippen molar-refractivity contribution in [2.45, 2.75) is 79.2 Å². The third-order valence-corrected chi connectivity index (χ3v) is 4.48. The van der Waals surface area contributed by atoms with Gasteiger partial charge in [0.1, 0.15) is 0 Å². The Morgan fingerprint density at radius 1 is 1.11 bits per heavy atom. The van der Waals surface area contributed by atoms with Gasteiger partial charge in [0.15, 0.2) is 0 Å². The van der Waals surface area contributed by atoms with Crippen molar-refractivity contribution in [3.63, 3.8) is 0 Å². The van der Waals surface area contributed by atoms with E-state index in [-0.39, 0.29) is 0 Å². The fraction of sp³-hybridized carbons (Fsp3) is 1.00. The Labute approximate surface area is 120 Å². The van der Waals surface area contributed by atoms with E-state index in [0.717, 1.165) is 13.0 Å². The fourth-order valence-electron chi connectivity index (χ4n) is 4.26. The standard InChI is InChI=1S/C17H35NO/c1-6-7-14(8-9-19)12-18-15-10-16(2,3)13-17(4,5)11-15/h14-15,18-19H,6-13H2,1-5H3. The number of rotatable bonds is 7. The van der Waals surface area contributed by atoms with Crippen LogP contribution in [0, 0.1) is 16.7 Å². The lowest BCUT2D eigenvalue weighted by atomic mass is 9.63. The van der Waals surface area contributed by atoms with Crippen LogP contribution in [0.25, 0.3) is 0 Å². The molecule has 2 heteroatoms. The van der Waals surface area contributed by atoms with Crippen LogP contribution in [-0.2, 0) is 0 Å². The molecule has 0 amide bonds. The minimum atomic E-state index is 0.327. The zero-order chi connectivity index (χ0) is 14.5. The lowest BCUT2D eigenvalue weighted by Gasteiger charge is -2.45. The minimum Gasteiger partial charge on any atom is -0.396 e. The maximum absolute atomic E-state index is 9.14. The minimum absolute atomic E-state index is 0.327. The van der Waals surface area contributed by atoms with Gasteiger partial charge in [-0.05, 0) is 55.4 Å². The third kappa shape index (κ3) is 6.27. The SMILES string of the molecule is CCCC(CCO)CNC1CC(C)(C)CC(C)(C)C1. The Balaban J connectivity index is 2.46. The maximum Gasteiger partial charge on any atom is 0.0434 e. The number of aliphatic hydroxyl groups excluding tert-OH is 1. The van der Waals surface area contributed by atoms with Gasteiger partial charge >= 0.3 is 0 Å². The van der Waals surface area contributed by atoms with E-state index in [9.17, 15) is 0 Å². The van der Waals surface area contributed by atoms with Gasteiger partial charge in [0.25, 0.3) is 0 Å². The molecular weight excluding hydrogens is 234 g/mol. The molecule has 0 aromatic heterocycles. The van der Waals surface area contributed by atoms with E-state index in [4.69, 9.17) is 5.11 Å². The first kappa shape index (κ1) is 17.0. The molecule has 2 nitrogen and oxygen atoms in total. The monoisotopic (exact) mass is 269 g/mol. The van der Waals surface area contributed by atoms with Crippen molar-refractivity contribution in [2.75, 3.05) is 13.2 Å². The second-order valence-corrected chi connectivity index (χ2v) is 8.19. The first-order valence-electron chi connectivity index (χ1n) is 8.12. The molecule has 1 aliphatic carbocycles. The van der Waals surface area contributed by atoms with Crippen LogP contribution in [0.5, 0.6) is 0 Å². The lowest BCUT2D eigenvalue weighted by Crippen LogP contribution is -2.45. The molecule has 1 fully saturated rings. The highest BCUT2D eigenvalue weighted by Gasteiger charge is 2.38. The molecule has 1 atom stereocenters. The summed E-state index contributed by atoms with van der Waals surface area (Å²) < 4.78 is 0. The topological polar surface area (TPSA) is 32.3 Å². The number of hydrogen-bond acceptors (Lipinski definition) is 2. The average molecular weight is 269 g/mol. The Hall–Kier alpha value is -0.0800. The highest BCUT2D eigenvalue weighted by molar-refractivity contribution is 4.92. The van der Waals surface area contributed by atoms with Crippen LogP contribution in [0.3, 0.4) is 0 Å². The van der Waals surface area contributed by atoms with Crippen LogP contribution in [0.4, 0.5) is 0 Å². The summed E-state index contributed by atoms with van der Waals surface area (Å²) in [5, 5.41) is 12.9. The van der Waals surface area contributed by atoms with Gasteiger partial charge in [0.05, 0.1) is 0 Å². The van der Waals surface area contributed by atoms with Crippen molar-refractivity contribution >= 4 is 0 Å². The molecule has 0 spiro atoms. The maximum atomic E-state index is 9.14. The molecule has 1 saturated carbocycles. The summed E-state index contributed by atoms with van der Waals surface area (Å²) in [6, 6.07) is 0.650. The molecule has 0 heterocycles. The van der Waals surface area contributed by atoms with Crippen LogP contribution in [0.15, 0.2) is 0 Å². The first-order valence-corrected chi connectivity index (χ1v) is 8.12. The van der Waals surface area contributed by atoms with Crippen LogP contribution in [0.2, 0.25) is 0 Å². The largest absolute Gasteiger partial charge is 0.396 e. The summed E-state index contributed by atoms with van der Waals surface area (Å²) in [6.07, 6.45) is 7.29. The molecule has 1 aliphatic rings. The summed E-state index contributed by atoms with van der Waals surface area (Å²) in [7, 11) is 0. The molecule has 0 aromatic carbocycles. The number of hydrogen-bond donors (Lipinski definition) is 2. The van der Waals surface area contributed by atoms with Crippen molar-refractivity contribution < 1.29 is 5.11 Å². The molecule has 0 bridgehead atoms. The molecule has 0 radical (unpaired) electrons. The molecule has 1 unspecified atom stereocenters. The fourth-order valence-corrected chi connectivity index (χ4v) is 4.26. The second kappa shape index (κ2) is 7.08. The molecule has 0 aromatic rings. The number of nitrogens with one attached hydrogen (secondary N) is 1. The summed E-state index contributed by atoms with van der Waals surface area (Å²) in [4.78, 5) is 0. The van der Waals surface area contributed by atoms with Gasteiger partial charge in [0.2, 0.25) is 0 Å². The van der Waals surface area contributed by atoms with E-state index in [1.807, 2.05) is 0 Å². The van der Waals surface area contributed by atoms with Gasteiger partial charge in [-0.25, -0.2) is 0 Å². The van der Waals surface area contributed by atoms with Crippen molar-refractivity contribution in [3.8, 4) is 0 Å². The zero-order valence-electron chi connectivity index (χ0n) is 13.8. The molecule has 114 valence electrons. The normalized spacial score (nSPS) is 24.3. The van der Waals surface area contributed by atoms with Gasteiger partial charge in [-0.2, -0.15) is 0 Å². The van der Waals surface area contributed by atoms with Gasteiger partial charge in [-0.1, -0.05) is 41.0 Å². The Bertz CT molecular complexity index is 238. The average Bonchev–Trinajstić information content (AvgIpc) is 2.22. The van der Waals surface area contributed by atoms with Gasteiger partial charge in [0, 0.05) is 12.6 Å². The van der Waals surface area contributed by atoms with Gasteiger partial charge in [-0.15, -0.1) is 0 Å². The third-order valence-electron chi connectivity index (χ3n) is 4.48. The molecule has 2 N–H and O–H groups in total. The highest BCUT2D eigenvalue weighted by atomic mass is 16.3. The Morgan fingerprint density at radius 3 is 2.16 bits per heavy atom. The van der Waals surface area contributed by atoms with Gasteiger partial charge in [-0.3, -0.25) is 0 Å². The lowest BCUT2D eigenvalue weighted by molar-refractivity contribution is 0.0823. The molecule has 19 heavy (non-hydrogen) atoms. The van der Waals surface area contributed by atoms with E-state index in [2.05, 4.69) is 39.9 Å². The second-order valence-electron chi connectivity index (χ2n) is 8.19. The molecular formula is C17H35NO. The van der Waals surface area contributed by atoms with E-state index in [1.165, 1.54) is 32.1 Å². The van der Waals surface area contributed by atoms with Crippen LogP contribution < -0.4 is 5.32 Å². The molecule has 0 saturated heterocycles. The summed E-state index contributed by atoms with van der Waals surface area (Å²) >= 11 is 0. The smallest absolute Gasteiger partial charge is 0.0434 e. The Kier molecular flexibility index (Phi) is 6.32. The van der Waals surface area contributed by atoms with Crippen molar-refractivity contribution in [2.24, 2.45) is 16.7 Å². The van der Waals surface area contributed by atoms with Gasteiger partial charge < -0.3 is 10.4 Å². The summed E-state index contributed by atoms with van der Waals surface area (Å²) in [5.41, 5.74) is 0.910. The van der Waals surface area contributed by atoms with Crippen LogP contribution in [-0.4, -0.2) is 24.3 Å². The molecule has 0 aliphatic heterocycles. The van der Waals surface area contributed by atoms with Crippen molar-refractivity contribution in [1.29, 1.82) is 0 Å². The van der Waals surface area contributed by atoms with Crippen LogP contribution in [0.1, 0.15) is 73.1 Å². The van der Waals surface area contributed by atoms with E-state index >= 15 is 0 Å². The number of aliphatic hydroxyl groups is 1. The van der Waals surface area contributed by atoms with E-state index < -0.39 is 0 Å².